The highest BCUT2D eigenvalue weighted by molar-refractivity contribution is 6.31. The van der Waals surface area contributed by atoms with Gasteiger partial charge in [0.15, 0.2) is 0 Å². The number of hydrogen-bond acceptors (Lipinski definition) is 9. The van der Waals surface area contributed by atoms with Crippen molar-refractivity contribution in [3.05, 3.63) is 131 Å². The van der Waals surface area contributed by atoms with Crippen molar-refractivity contribution in [2.45, 2.75) is 50.6 Å². The number of anilines is 2. The number of carbonyl (C=O) groups is 4. The minimum absolute atomic E-state index is 0.136. The summed E-state index contributed by atoms with van der Waals surface area (Å²) in [6.45, 7) is 1.03. The molecule has 2 atom stereocenters. The maximum atomic E-state index is 13.8. The molecule has 2 saturated heterocycles. The van der Waals surface area contributed by atoms with Crippen molar-refractivity contribution in [2.24, 2.45) is 0 Å². The first-order chi connectivity index (χ1) is 31.6. The molecule has 4 amide bonds. The van der Waals surface area contributed by atoms with Gasteiger partial charge in [0, 0.05) is 82.1 Å². The Bertz CT molecular complexity index is 2760. The van der Waals surface area contributed by atoms with Gasteiger partial charge in [-0.05, 0) is 111 Å². The van der Waals surface area contributed by atoms with Crippen LogP contribution < -0.4 is 20.1 Å². The van der Waals surface area contributed by atoms with Crippen molar-refractivity contribution in [1.29, 1.82) is 0 Å². The fourth-order valence-corrected chi connectivity index (χ4v) is 9.34. The molecule has 9 rings (SSSR count). The molecule has 330 valence electrons. The topological polar surface area (TPSA) is 156 Å². The summed E-state index contributed by atoms with van der Waals surface area (Å²) in [7, 11) is 3.13. The van der Waals surface area contributed by atoms with Crippen LogP contribution >= 0.6 is 23.2 Å². The van der Waals surface area contributed by atoms with Crippen LogP contribution in [0.15, 0.2) is 114 Å². The van der Waals surface area contributed by atoms with Crippen molar-refractivity contribution in [3.8, 4) is 34.1 Å². The third-order valence-electron chi connectivity index (χ3n) is 12.1. The second-order valence-electron chi connectivity index (χ2n) is 16.1. The SMILES string of the molecule is COc1cccc2c(C(=O)N3CCC[C@H]3CC(=O)Nc3ccc(-c4ccc(-c5ccc(NC(=O)C[C@@H]6CCCN6C(=O)c6nc(Cl)cc7c(OC)cccc67)cc5)o4)cc3)nc(Cl)cc12. The molecule has 2 aliphatic rings. The fourth-order valence-electron chi connectivity index (χ4n) is 8.96. The van der Waals surface area contributed by atoms with E-state index in [1.165, 1.54) is 0 Å². The number of benzene rings is 4. The molecule has 65 heavy (non-hydrogen) atoms. The lowest BCUT2D eigenvalue weighted by Crippen LogP contribution is -2.38. The fraction of sp³-hybridized carbons (Fsp3) is 0.240. The van der Waals surface area contributed by atoms with Gasteiger partial charge in [0.1, 0.15) is 44.7 Å². The maximum absolute atomic E-state index is 13.8. The molecule has 13 nitrogen and oxygen atoms in total. The second-order valence-corrected chi connectivity index (χ2v) is 16.9. The minimum Gasteiger partial charge on any atom is -0.496 e. The van der Waals surface area contributed by atoms with E-state index in [0.717, 1.165) is 24.0 Å². The number of nitrogens with zero attached hydrogens (tertiary/aromatic N) is 4. The number of hydrogen-bond donors (Lipinski definition) is 2. The van der Waals surface area contributed by atoms with Crippen LogP contribution in [0.2, 0.25) is 10.3 Å². The summed E-state index contributed by atoms with van der Waals surface area (Å²) in [4.78, 5) is 66.4. The van der Waals surface area contributed by atoms with Crippen molar-refractivity contribution in [2.75, 3.05) is 37.9 Å². The molecule has 7 aromatic rings. The van der Waals surface area contributed by atoms with Gasteiger partial charge in [0.05, 0.1) is 14.2 Å². The van der Waals surface area contributed by atoms with Crippen LogP contribution in [0.25, 0.3) is 44.2 Å². The molecule has 4 aromatic carbocycles. The minimum atomic E-state index is -0.290. The van der Waals surface area contributed by atoms with E-state index in [1.54, 1.807) is 48.3 Å². The van der Waals surface area contributed by atoms with Gasteiger partial charge in [-0.25, -0.2) is 9.97 Å². The molecule has 15 heteroatoms. The summed E-state index contributed by atoms with van der Waals surface area (Å²) in [5.41, 5.74) is 3.35. The van der Waals surface area contributed by atoms with E-state index in [0.29, 0.717) is 81.9 Å². The van der Waals surface area contributed by atoms with Crippen LogP contribution in [0.1, 0.15) is 59.5 Å². The van der Waals surface area contributed by atoms with E-state index >= 15 is 0 Å². The van der Waals surface area contributed by atoms with Gasteiger partial charge in [0.25, 0.3) is 11.8 Å². The molecule has 0 spiro atoms. The molecule has 0 aliphatic carbocycles. The molecule has 0 unspecified atom stereocenters. The number of furan rings is 1. The van der Waals surface area contributed by atoms with Crippen LogP contribution in [0.5, 0.6) is 11.5 Å². The summed E-state index contributed by atoms with van der Waals surface area (Å²) < 4.78 is 17.2. The van der Waals surface area contributed by atoms with Gasteiger partial charge in [-0.2, -0.15) is 0 Å². The predicted molar refractivity (Wildman–Crippen MR) is 251 cm³/mol. The number of halogens is 2. The predicted octanol–water partition coefficient (Wildman–Crippen LogP) is 10.3. The number of fused-ring (bicyclic) bond motifs is 2. The average molecular weight is 912 g/mol. The lowest BCUT2D eigenvalue weighted by molar-refractivity contribution is -0.117. The van der Waals surface area contributed by atoms with Crippen molar-refractivity contribution in [1.82, 2.24) is 19.8 Å². The number of rotatable bonds is 12. The van der Waals surface area contributed by atoms with Gasteiger partial charge < -0.3 is 34.3 Å². The molecule has 2 N–H and O–H groups in total. The van der Waals surface area contributed by atoms with Crippen molar-refractivity contribution >= 4 is 79.8 Å². The normalized spacial score (nSPS) is 15.9. The number of methoxy groups -OCH3 is 2. The molecule has 0 saturated carbocycles. The van der Waals surface area contributed by atoms with Crippen molar-refractivity contribution in [3.63, 3.8) is 0 Å². The first kappa shape index (κ1) is 43.3. The zero-order valence-corrected chi connectivity index (χ0v) is 37.1. The zero-order chi connectivity index (χ0) is 45.2. The van der Waals surface area contributed by atoms with Crippen LogP contribution in [0.4, 0.5) is 11.4 Å². The Labute approximate surface area is 384 Å². The second kappa shape index (κ2) is 18.6. The number of nitrogens with one attached hydrogen (secondary N) is 2. The van der Waals surface area contributed by atoms with E-state index in [9.17, 15) is 19.2 Å². The van der Waals surface area contributed by atoms with E-state index in [1.807, 2.05) is 84.9 Å². The number of amides is 4. The average Bonchev–Trinajstić information content (AvgIpc) is 4.10. The molecular formula is C50H44Cl2N6O7. The summed E-state index contributed by atoms with van der Waals surface area (Å²) in [5, 5.41) is 9.01. The van der Waals surface area contributed by atoms with Gasteiger partial charge in [-0.3, -0.25) is 19.2 Å². The van der Waals surface area contributed by atoms with Gasteiger partial charge in [-0.1, -0.05) is 47.5 Å². The van der Waals surface area contributed by atoms with Gasteiger partial charge in [0.2, 0.25) is 11.8 Å². The largest absolute Gasteiger partial charge is 0.496 e. The van der Waals surface area contributed by atoms with E-state index in [-0.39, 0.29) is 70.2 Å². The Hall–Kier alpha value is -6.96. The molecule has 2 aliphatic heterocycles. The van der Waals surface area contributed by atoms with Crippen LogP contribution in [0.3, 0.4) is 0 Å². The Morgan fingerprint density at radius 3 is 1.42 bits per heavy atom. The number of aromatic nitrogens is 2. The van der Waals surface area contributed by atoms with Crippen LogP contribution in [-0.4, -0.2) is 82.8 Å². The molecular weight excluding hydrogens is 867 g/mol. The zero-order valence-electron chi connectivity index (χ0n) is 35.6. The number of pyridine rings is 2. The first-order valence-electron chi connectivity index (χ1n) is 21.4. The lowest BCUT2D eigenvalue weighted by atomic mass is 10.1. The highest BCUT2D eigenvalue weighted by atomic mass is 35.5. The van der Waals surface area contributed by atoms with E-state index < -0.39 is 0 Å². The number of ether oxygens (including phenoxy) is 2. The monoisotopic (exact) mass is 910 g/mol. The number of carbonyl (C=O) groups excluding carboxylic acids is 4. The lowest BCUT2D eigenvalue weighted by Gasteiger charge is -2.25. The standard InChI is InChI=1S/C50H44Cl2N6O7/c1-63-41-11-3-9-35-37(41)27-43(51)55-47(35)49(61)57-23-5-7-33(57)25-45(59)53-31-17-13-29(14-18-31)39-21-22-40(65-39)30-15-19-32(20-16-30)54-46(60)26-34-8-6-24-58(34)50(62)48-36-10-4-12-42(64-2)38(36)28-44(52)56-48/h3-4,9-22,27-28,33-34H,5-8,23-26H2,1-2H3,(H,53,59)(H,54,60)/t33-,34-/m0/s1. The molecule has 3 aromatic heterocycles. The summed E-state index contributed by atoms with van der Waals surface area (Å²) in [6.07, 6.45) is 3.21. The van der Waals surface area contributed by atoms with E-state index in [2.05, 4.69) is 20.6 Å². The molecule has 5 heterocycles. The first-order valence-corrected chi connectivity index (χ1v) is 22.1. The molecule has 0 bridgehead atoms. The smallest absolute Gasteiger partial charge is 0.273 e. The quantitative estimate of drug-likeness (QED) is 0.114. The van der Waals surface area contributed by atoms with E-state index in [4.69, 9.17) is 37.1 Å². The molecule has 0 radical (unpaired) electrons. The van der Waals surface area contributed by atoms with Gasteiger partial charge >= 0.3 is 0 Å². The highest BCUT2D eigenvalue weighted by Gasteiger charge is 2.34. The third-order valence-corrected chi connectivity index (χ3v) is 12.5. The maximum Gasteiger partial charge on any atom is 0.273 e. The third kappa shape index (κ3) is 9.07. The van der Waals surface area contributed by atoms with Crippen LogP contribution in [0, 0.1) is 0 Å². The Balaban J connectivity index is 0.786. The number of likely N-dealkylation sites (tertiary alicyclic amines) is 2. The Kier molecular flexibility index (Phi) is 12.4. The highest BCUT2D eigenvalue weighted by Crippen LogP contribution is 2.35. The van der Waals surface area contributed by atoms with Gasteiger partial charge in [-0.15, -0.1) is 0 Å². The summed E-state index contributed by atoms with van der Waals surface area (Å²) in [5.74, 6) is 1.53. The molecule has 2 fully saturated rings. The Morgan fingerprint density at radius 2 is 1.02 bits per heavy atom. The summed E-state index contributed by atoms with van der Waals surface area (Å²) >= 11 is 12.7. The van der Waals surface area contributed by atoms with Crippen molar-refractivity contribution < 1.29 is 33.1 Å². The summed E-state index contributed by atoms with van der Waals surface area (Å²) in [6, 6.07) is 32.2. The van der Waals surface area contributed by atoms with Crippen LogP contribution in [-0.2, 0) is 9.59 Å². The Morgan fingerprint density at radius 1 is 0.600 bits per heavy atom.